The molecule has 2 nitrogen and oxygen atoms in total. The third-order valence-corrected chi connectivity index (χ3v) is 0.857. The van der Waals surface area contributed by atoms with Gasteiger partial charge in [-0.2, -0.15) is 0 Å². The molecule has 1 heterocycles. The lowest BCUT2D eigenvalue weighted by Crippen LogP contribution is -1.49. The number of rotatable bonds is 0. The van der Waals surface area contributed by atoms with E-state index in [2.05, 4.69) is 38.5 Å². The van der Waals surface area contributed by atoms with Gasteiger partial charge < -0.3 is 4.52 Å². The summed E-state index contributed by atoms with van der Waals surface area (Å²) in [5, 5.41) is 3.31. The molecule has 1 aromatic heterocycles. The Bertz CT molecular complexity index is 114. The van der Waals surface area contributed by atoms with Gasteiger partial charge in [0.1, 0.15) is 12.5 Å². The van der Waals surface area contributed by atoms with Crippen molar-refractivity contribution < 1.29 is 4.52 Å². The van der Waals surface area contributed by atoms with E-state index in [-0.39, 0.29) is 0 Å². The van der Waals surface area contributed by atoms with Crippen LogP contribution in [0.25, 0.3) is 0 Å². The van der Waals surface area contributed by atoms with Crippen LogP contribution in [0, 0.1) is 9.77 Å². The van der Waals surface area contributed by atoms with E-state index in [0.717, 1.165) is 3.57 Å². The quantitative estimate of drug-likeness (QED) is 0.577. The second-order valence-corrected chi connectivity index (χ2v) is 1.94. The predicted octanol–water partition coefficient (Wildman–Crippen LogP) is 1.08. The van der Waals surface area contributed by atoms with Gasteiger partial charge >= 0.3 is 0 Å². The molecule has 0 saturated carbocycles. The lowest BCUT2D eigenvalue weighted by molar-refractivity contribution is 0.418. The Morgan fingerprint density at radius 3 is 3.00 bits per heavy atom. The molecule has 31 valence electrons. The zero-order valence-corrected chi connectivity index (χ0v) is 4.97. The highest BCUT2D eigenvalue weighted by atomic mass is 127. The first kappa shape index (κ1) is 4.11. The van der Waals surface area contributed by atoms with Crippen molar-refractivity contribution in [3.63, 3.8) is 0 Å². The average Bonchev–Trinajstić information content (AvgIpc) is 1.86. The van der Waals surface area contributed by atoms with Crippen LogP contribution >= 0.6 is 22.6 Å². The molecule has 1 rings (SSSR count). The van der Waals surface area contributed by atoms with Gasteiger partial charge in [-0.05, 0) is 22.6 Å². The van der Waals surface area contributed by atoms with E-state index in [9.17, 15) is 0 Å². The molecule has 0 aromatic carbocycles. The van der Waals surface area contributed by atoms with Crippen molar-refractivity contribution in [1.29, 1.82) is 0 Å². The molecule has 0 spiro atoms. The molecule has 3 heteroatoms. The summed E-state index contributed by atoms with van der Waals surface area (Å²) in [4.78, 5) is 0. The highest BCUT2D eigenvalue weighted by molar-refractivity contribution is 14.1. The topological polar surface area (TPSA) is 26.0 Å². The smallest absolute Gasteiger partial charge is 0.150 e. The molecule has 1 aromatic rings. The summed E-state index contributed by atoms with van der Waals surface area (Å²) in [6.45, 7) is 0. The maximum atomic E-state index is 4.40. The molecule has 0 aliphatic carbocycles. The largest absolute Gasteiger partial charge is 0.363 e. The molecule has 0 fully saturated rings. The summed E-state index contributed by atoms with van der Waals surface area (Å²) in [7, 11) is 0. The Morgan fingerprint density at radius 1 is 2.00 bits per heavy atom. The summed E-state index contributed by atoms with van der Waals surface area (Å²) in [6.07, 6.45) is 4.10. The summed E-state index contributed by atoms with van der Waals surface area (Å²) >= 11 is 2.06. The van der Waals surface area contributed by atoms with Gasteiger partial charge in [-0.15, -0.1) is 0 Å². The van der Waals surface area contributed by atoms with Crippen molar-refractivity contribution in [2.75, 3.05) is 0 Å². The SMILES string of the molecule is Ic1[c]noc1. The van der Waals surface area contributed by atoms with Gasteiger partial charge in [0, 0.05) is 0 Å². The minimum Gasteiger partial charge on any atom is -0.363 e. The van der Waals surface area contributed by atoms with Gasteiger partial charge in [0.15, 0.2) is 0 Å². The van der Waals surface area contributed by atoms with E-state index in [0.29, 0.717) is 0 Å². The highest BCUT2D eigenvalue weighted by Gasteiger charge is 1.82. The van der Waals surface area contributed by atoms with Gasteiger partial charge in [-0.1, -0.05) is 5.16 Å². The van der Waals surface area contributed by atoms with Crippen LogP contribution in [-0.2, 0) is 0 Å². The normalized spacial score (nSPS) is 8.83. The fourth-order valence-electron chi connectivity index (χ4n) is 0.169. The van der Waals surface area contributed by atoms with Crippen LogP contribution in [-0.4, -0.2) is 5.16 Å². The first-order chi connectivity index (χ1) is 2.89. The van der Waals surface area contributed by atoms with Crippen molar-refractivity contribution in [1.82, 2.24) is 5.16 Å². The van der Waals surface area contributed by atoms with Gasteiger partial charge in [-0.3, -0.25) is 0 Å². The van der Waals surface area contributed by atoms with Gasteiger partial charge in [-0.25, -0.2) is 0 Å². The fraction of sp³-hybridized carbons (Fsp3) is 0. The van der Waals surface area contributed by atoms with E-state index in [4.69, 9.17) is 0 Å². The third-order valence-electron chi connectivity index (χ3n) is 0.361. The monoisotopic (exact) mass is 194 g/mol. The first-order valence-corrected chi connectivity index (χ1v) is 2.45. The second kappa shape index (κ2) is 1.59. The standard InChI is InChI=1S/C3HINO/c4-3-1-5-6-2-3/h2H. The summed E-state index contributed by atoms with van der Waals surface area (Å²) < 4.78 is 5.31. The molecule has 1 radical (unpaired) electrons. The Labute approximate surface area is 48.7 Å². The van der Waals surface area contributed by atoms with Crippen LogP contribution in [0.3, 0.4) is 0 Å². The van der Waals surface area contributed by atoms with Crippen molar-refractivity contribution in [3.05, 3.63) is 16.0 Å². The first-order valence-electron chi connectivity index (χ1n) is 1.37. The predicted molar refractivity (Wildman–Crippen MR) is 28.1 cm³/mol. The van der Waals surface area contributed by atoms with E-state index in [1.165, 1.54) is 6.26 Å². The maximum absolute atomic E-state index is 4.40. The zero-order chi connectivity index (χ0) is 4.41. The molecule has 0 aliphatic heterocycles. The molecule has 0 unspecified atom stereocenters. The van der Waals surface area contributed by atoms with Crippen LogP contribution < -0.4 is 0 Å². The number of nitrogens with zero attached hydrogens (tertiary/aromatic N) is 1. The van der Waals surface area contributed by atoms with Gasteiger partial charge in [0.05, 0.1) is 3.57 Å². The van der Waals surface area contributed by atoms with E-state index in [1.54, 1.807) is 0 Å². The number of aromatic nitrogens is 1. The van der Waals surface area contributed by atoms with E-state index < -0.39 is 0 Å². The van der Waals surface area contributed by atoms with Crippen molar-refractivity contribution in [3.8, 4) is 0 Å². The second-order valence-electron chi connectivity index (χ2n) is 0.774. The molecule has 6 heavy (non-hydrogen) atoms. The maximum Gasteiger partial charge on any atom is 0.150 e. The molecular weight excluding hydrogens is 193 g/mol. The average molecular weight is 194 g/mol. The van der Waals surface area contributed by atoms with E-state index in [1.807, 2.05) is 0 Å². The lowest BCUT2D eigenvalue weighted by atomic mass is 10.8. The minimum absolute atomic E-state index is 0.910. The summed E-state index contributed by atoms with van der Waals surface area (Å²) in [6, 6.07) is 0. The summed E-state index contributed by atoms with van der Waals surface area (Å²) in [5.41, 5.74) is 0. The summed E-state index contributed by atoms with van der Waals surface area (Å²) in [5.74, 6) is 0. The fourth-order valence-corrected chi connectivity index (χ4v) is 0.381. The van der Waals surface area contributed by atoms with Crippen LogP contribution in [0.4, 0.5) is 0 Å². The van der Waals surface area contributed by atoms with Crippen LogP contribution in [0.5, 0.6) is 0 Å². The number of hydrogen-bond donors (Lipinski definition) is 0. The molecule has 0 N–H and O–H groups in total. The number of halogens is 1. The molecule has 0 saturated heterocycles. The van der Waals surface area contributed by atoms with Gasteiger partial charge in [0.25, 0.3) is 0 Å². The van der Waals surface area contributed by atoms with Crippen molar-refractivity contribution >= 4 is 22.6 Å². The van der Waals surface area contributed by atoms with Crippen LogP contribution in [0.1, 0.15) is 0 Å². The Hall–Kier alpha value is -0.0600. The van der Waals surface area contributed by atoms with E-state index >= 15 is 0 Å². The molecule has 0 aliphatic rings. The minimum atomic E-state index is 0.910. The van der Waals surface area contributed by atoms with Crippen LogP contribution in [0.15, 0.2) is 10.8 Å². The Kier molecular flexibility index (Phi) is 1.09. The third kappa shape index (κ3) is 0.707. The molecule has 0 amide bonds. The Balaban J connectivity index is 3.05. The molecule has 0 atom stereocenters. The lowest BCUT2D eigenvalue weighted by Gasteiger charge is -1.55. The molecular formula is C3HINO. The van der Waals surface area contributed by atoms with Crippen LogP contribution in [0.2, 0.25) is 0 Å². The number of hydrogen-bond acceptors (Lipinski definition) is 2. The van der Waals surface area contributed by atoms with Crippen molar-refractivity contribution in [2.45, 2.75) is 0 Å². The highest BCUT2D eigenvalue weighted by Crippen LogP contribution is 1.97. The molecule has 0 bridgehead atoms. The van der Waals surface area contributed by atoms with Crippen molar-refractivity contribution in [2.24, 2.45) is 0 Å². The van der Waals surface area contributed by atoms with Gasteiger partial charge in [0.2, 0.25) is 0 Å². The Morgan fingerprint density at radius 2 is 2.83 bits per heavy atom. The zero-order valence-electron chi connectivity index (χ0n) is 2.81.